The highest BCUT2D eigenvalue weighted by atomic mass is 79.9. The molecule has 0 aliphatic rings. The van der Waals surface area contributed by atoms with Crippen LogP contribution in [0.25, 0.3) is 17.0 Å². The van der Waals surface area contributed by atoms with Gasteiger partial charge in [-0.05, 0) is 12.1 Å². The fourth-order valence-corrected chi connectivity index (χ4v) is 2.07. The molecule has 0 amide bonds. The summed E-state index contributed by atoms with van der Waals surface area (Å²) in [6.45, 7) is 0. The highest BCUT2D eigenvalue weighted by Crippen LogP contribution is 2.20. The molecule has 17 heavy (non-hydrogen) atoms. The van der Waals surface area contributed by atoms with Crippen molar-refractivity contribution in [3.63, 3.8) is 0 Å². The van der Waals surface area contributed by atoms with Gasteiger partial charge in [-0.15, -0.1) is 0 Å². The summed E-state index contributed by atoms with van der Waals surface area (Å²) in [5.74, 6) is 0.733. The molecule has 0 saturated heterocycles. The third-order valence-corrected chi connectivity index (χ3v) is 2.95. The zero-order valence-electron chi connectivity index (χ0n) is 8.72. The van der Waals surface area contributed by atoms with Gasteiger partial charge in [-0.25, -0.2) is 9.50 Å². The van der Waals surface area contributed by atoms with Crippen molar-refractivity contribution >= 4 is 21.6 Å². The fraction of sp³-hybridized carbons (Fsp3) is 0. The molecule has 3 aromatic rings. The normalized spacial score (nSPS) is 10.9. The molecule has 1 N–H and O–H groups in total. The van der Waals surface area contributed by atoms with Crippen molar-refractivity contribution in [2.45, 2.75) is 0 Å². The molecule has 4 nitrogen and oxygen atoms in total. The van der Waals surface area contributed by atoms with E-state index < -0.39 is 0 Å². The van der Waals surface area contributed by atoms with E-state index >= 15 is 0 Å². The molecule has 5 heteroatoms. The number of aromatic amines is 1. The van der Waals surface area contributed by atoms with Crippen LogP contribution in [-0.4, -0.2) is 14.6 Å². The summed E-state index contributed by atoms with van der Waals surface area (Å²) in [5, 5.41) is 3.11. The first-order valence-electron chi connectivity index (χ1n) is 5.07. The van der Waals surface area contributed by atoms with Crippen LogP contribution in [-0.2, 0) is 0 Å². The molecule has 0 spiro atoms. The van der Waals surface area contributed by atoms with E-state index in [1.165, 1.54) is 12.1 Å². The molecule has 3 rings (SSSR count). The highest BCUT2D eigenvalue weighted by Gasteiger charge is 2.04. The third kappa shape index (κ3) is 1.89. The number of H-pyrrole nitrogens is 1. The van der Waals surface area contributed by atoms with Gasteiger partial charge in [-0.1, -0.05) is 28.1 Å². The number of rotatable bonds is 1. The van der Waals surface area contributed by atoms with Crippen LogP contribution in [0, 0.1) is 0 Å². The molecular formula is C12H8BrN3O. The summed E-state index contributed by atoms with van der Waals surface area (Å²) < 4.78 is 2.71. The van der Waals surface area contributed by atoms with Crippen molar-refractivity contribution < 1.29 is 0 Å². The molecule has 2 heterocycles. The first-order chi connectivity index (χ1) is 8.22. The Bertz CT molecular complexity index is 745. The molecule has 0 atom stereocenters. The van der Waals surface area contributed by atoms with E-state index in [4.69, 9.17) is 0 Å². The number of aromatic nitrogens is 3. The lowest BCUT2D eigenvalue weighted by atomic mass is 10.2. The van der Waals surface area contributed by atoms with Gasteiger partial charge in [0.05, 0.1) is 0 Å². The summed E-state index contributed by atoms with van der Waals surface area (Å²) in [4.78, 5) is 15.6. The van der Waals surface area contributed by atoms with E-state index in [0.29, 0.717) is 5.65 Å². The number of nitrogens with one attached hydrogen (secondary N) is 1. The van der Waals surface area contributed by atoms with Crippen molar-refractivity contribution in [1.82, 2.24) is 14.6 Å². The van der Waals surface area contributed by atoms with Gasteiger partial charge in [0.1, 0.15) is 0 Å². The van der Waals surface area contributed by atoms with Crippen molar-refractivity contribution in [1.29, 1.82) is 0 Å². The second-order valence-electron chi connectivity index (χ2n) is 3.67. The lowest BCUT2D eigenvalue weighted by molar-refractivity contribution is 0.963. The molecule has 0 saturated carbocycles. The van der Waals surface area contributed by atoms with Crippen LogP contribution in [0.4, 0.5) is 0 Å². The van der Waals surface area contributed by atoms with Gasteiger partial charge in [0.15, 0.2) is 16.9 Å². The van der Waals surface area contributed by atoms with Crippen molar-refractivity contribution in [2.75, 3.05) is 0 Å². The molecular weight excluding hydrogens is 282 g/mol. The standard InChI is InChI=1S/C12H8BrN3O/c13-9-3-1-2-8(6-9)12-14-11-7-10(17)4-5-16(11)15-12/h1-7H,(H,14,15). The average molecular weight is 290 g/mol. The average Bonchev–Trinajstić information content (AvgIpc) is 2.72. The van der Waals surface area contributed by atoms with E-state index in [2.05, 4.69) is 26.0 Å². The first-order valence-corrected chi connectivity index (χ1v) is 5.86. The van der Waals surface area contributed by atoms with E-state index in [1.807, 2.05) is 24.3 Å². The predicted molar refractivity (Wildman–Crippen MR) is 68.9 cm³/mol. The van der Waals surface area contributed by atoms with Crippen molar-refractivity contribution in [2.24, 2.45) is 0 Å². The molecule has 84 valence electrons. The van der Waals surface area contributed by atoms with E-state index in [0.717, 1.165) is 15.9 Å². The summed E-state index contributed by atoms with van der Waals surface area (Å²) in [5.41, 5.74) is 1.54. The quantitative estimate of drug-likeness (QED) is 0.748. The zero-order valence-corrected chi connectivity index (χ0v) is 10.3. The van der Waals surface area contributed by atoms with Gasteiger partial charge in [0.25, 0.3) is 0 Å². The SMILES string of the molecule is O=c1ccn2[nH]c(-c3cccc(Br)c3)nc2c1. The maximum Gasteiger partial charge on any atom is 0.183 e. The number of hydrogen-bond donors (Lipinski definition) is 1. The highest BCUT2D eigenvalue weighted by molar-refractivity contribution is 9.10. The van der Waals surface area contributed by atoms with Crippen LogP contribution in [0.2, 0.25) is 0 Å². The lowest BCUT2D eigenvalue weighted by Gasteiger charge is -1.96. The molecule has 0 aliphatic carbocycles. The minimum absolute atomic E-state index is 0.0442. The largest absolute Gasteiger partial charge is 0.290 e. The molecule has 0 fully saturated rings. The second kappa shape index (κ2) is 3.85. The van der Waals surface area contributed by atoms with Crippen LogP contribution in [0.3, 0.4) is 0 Å². The Morgan fingerprint density at radius 2 is 2.12 bits per heavy atom. The Hall–Kier alpha value is -1.88. The van der Waals surface area contributed by atoms with Crippen LogP contribution >= 0.6 is 15.9 Å². The molecule has 0 radical (unpaired) electrons. The Kier molecular flexibility index (Phi) is 2.33. The molecule has 1 aromatic carbocycles. The molecule has 0 aliphatic heterocycles. The Morgan fingerprint density at radius 1 is 1.24 bits per heavy atom. The summed E-state index contributed by atoms with van der Waals surface area (Å²) in [7, 11) is 0. The topological polar surface area (TPSA) is 50.2 Å². The predicted octanol–water partition coefficient (Wildman–Crippen LogP) is 2.45. The Labute approximate surface area is 105 Å². The Morgan fingerprint density at radius 3 is 2.94 bits per heavy atom. The maximum atomic E-state index is 11.2. The summed E-state index contributed by atoms with van der Waals surface area (Å²) in [6.07, 6.45) is 1.67. The van der Waals surface area contributed by atoms with Crippen LogP contribution in [0.15, 0.2) is 51.9 Å². The van der Waals surface area contributed by atoms with Crippen molar-refractivity contribution in [3.05, 3.63) is 57.3 Å². The molecule has 0 bridgehead atoms. The van der Waals surface area contributed by atoms with E-state index in [-0.39, 0.29) is 5.43 Å². The number of benzene rings is 1. The van der Waals surface area contributed by atoms with Gasteiger partial charge in [-0.3, -0.25) is 9.89 Å². The number of fused-ring (bicyclic) bond motifs is 1. The number of hydrogen-bond acceptors (Lipinski definition) is 2. The minimum atomic E-state index is -0.0442. The van der Waals surface area contributed by atoms with Gasteiger partial charge < -0.3 is 0 Å². The third-order valence-electron chi connectivity index (χ3n) is 2.46. The fourth-order valence-electron chi connectivity index (χ4n) is 1.67. The number of nitrogens with zero attached hydrogens (tertiary/aromatic N) is 2. The van der Waals surface area contributed by atoms with Gasteiger partial charge in [0.2, 0.25) is 0 Å². The van der Waals surface area contributed by atoms with E-state index in [1.54, 1.807) is 10.7 Å². The van der Waals surface area contributed by atoms with Crippen molar-refractivity contribution in [3.8, 4) is 11.4 Å². The van der Waals surface area contributed by atoms with Crippen LogP contribution in [0.1, 0.15) is 0 Å². The first kappa shape index (κ1) is 10.3. The van der Waals surface area contributed by atoms with Crippen LogP contribution in [0.5, 0.6) is 0 Å². The lowest BCUT2D eigenvalue weighted by Crippen LogP contribution is -1.98. The summed E-state index contributed by atoms with van der Waals surface area (Å²) in [6, 6.07) is 10.8. The maximum absolute atomic E-state index is 11.2. The van der Waals surface area contributed by atoms with E-state index in [9.17, 15) is 4.79 Å². The van der Waals surface area contributed by atoms with Crippen LogP contribution < -0.4 is 5.43 Å². The Balaban J connectivity index is 2.21. The minimum Gasteiger partial charge on any atom is -0.290 e. The summed E-state index contributed by atoms with van der Waals surface area (Å²) >= 11 is 3.42. The second-order valence-corrected chi connectivity index (χ2v) is 4.59. The van der Waals surface area contributed by atoms with Gasteiger partial charge >= 0.3 is 0 Å². The zero-order chi connectivity index (χ0) is 11.8. The number of halogens is 1. The number of pyridine rings is 1. The monoisotopic (exact) mass is 289 g/mol. The molecule has 0 unspecified atom stereocenters. The molecule has 2 aromatic heterocycles. The van der Waals surface area contributed by atoms with Gasteiger partial charge in [0, 0.05) is 28.4 Å². The smallest absolute Gasteiger partial charge is 0.183 e. The van der Waals surface area contributed by atoms with Gasteiger partial charge in [-0.2, -0.15) is 0 Å².